The van der Waals surface area contributed by atoms with E-state index in [2.05, 4.69) is 31.0 Å². The number of carbonyl (C=O) groups is 1. The standard InChI is InChI=1S/C16H21NO2S/c1-16(2)9-7-12(8-10-16)17-15(19)14-6-5-13(20-14)4-3-11-18/h5-6,12,18H,7-11H2,1-2H3,(H,17,19). The summed E-state index contributed by atoms with van der Waals surface area (Å²) < 4.78 is 0. The summed E-state index contributed by atoms with van der Waals surface area (Å²) in [5.41, 5.74) is 0.414. The van der Waals surface area contributed by atoms with Gasteiger partial charge in [-0.1, -0.05) is 25.7 Å². The van der Waals surface area contributed by atoms with Gasteiger partial charge in [-0.25, -0.2) is 0 Å². The van der Waals surface area contributed by atoms with Crippen molar-refractivity contribution in [3.63, 3.8) is 0 Å². The van der Waals surface area contributed by atoms with Crippen LogP contribution in [0.1, 0.15) is 54.1 Å². The highest BCUT2D eigenvalue weighted by atomic mass is 32.1. The van der Waals surface area contributed by atoms with Crippen LogP contribution in [0.4, 0.5) is 0 Å². The van der Waals surface area contributed by atoms with E-state index < -0.39 is 0 Å². The van der Waals surface area contributed by atoms with E-state index in [1.165, 1.54) is 11.3 Å². The molecule has 20 heavy (non-hydrogen) atoms. The molecule has 0 spiro atoms. The van der Waals surface area contributed by atoms with Crippen molar-refractivity contribution < 1.29 is 9.90 Å². The molecule has 1 aromatic heterocycles. The quantitative estimate of drug-likeness (QED) is 0.823. The van der Waals surface area contributed by atoms with E-state index >= 15 is 0 Å². The molecule has 1 aliphatic carbocycles. The van der Waals surface area contributed by atoms with Gasteiger partial charge in [0.05, 0.1) is 9.75 Å². The van der Waals surface area contributed by atoms with Gasteiger partial charge < -0.3 is 10.4 Å². The first-order valence-electron chi connectivity index (χ1n) is 7.01. The molecule has 3 nitrogen and oxygen atoms in total. The van der Waals surface area contributed by atoms with Crippen LogP contribution in [0.2, 0.25) is 0 Å². The second kappa shape index (κ2) is 6.43. The maximum Gasteiger partial charge on any atom is 0.261 e. The van der Waals surface area contributed by atoms with Crippen LogP contribution in [0.3, 0.4) is 0 Å². The molecule has 0 saturated heterocycles. The van der Waals surface area contributed by atoms with E-state index in [9.17, 15) is 4.79 Å². The van der Waals surface area contributed by atoms with E-state index in [0.29, 0.717) is 16.3 Å². The summed E-state index contributed by atoms with van der Waals surface area (Å²) in [5.74, 6) is 5.41. The van der Waals surface area contributed by atoms with Crippen LogP contribution in [-0.4, -0.2) is 23.7 Å². The topological polar surface area (TPSA) is 49.3 Å². The van der Waals surface area contributed by atoms with E-state index in [0.717, 1.165) is 30.6 Å². The fourth-order valence-electron chi connectivity index (χ4n) is 2.45. The third-order valence-corrected chi connectivity index (χ3v) is 4.79. The minimum atomic E-state index is -0.155. The molecule has 1 saturated carbocycles. The minimum absolute atomic E-state index is 0.00301. The zero-order valence-corrected chi connectivity index (χ0v) is 12.8. The summed E-state index contributed by atoms with van der Waals surface area (Å²) >= 11 is 1.37. The van der Waals surface area contributed by atoms with Gasteiger partial charge in [0.2, 0.25) is 0 Å². The Morgan fingerprint density at radius 1 is 1.45 bits per heavy atom. The van der Waals surface area contributed by atoms with Crippen LogP contribution in [-0.2, 0) is 0 Å². The summed E-state index contributed by atoms with van der Waals surface area (Å²) in [6, 6.07) is 3.92. The van der Waals surface area contributed by atoms with Crippen molar-refractivity contribution in [1.82, 2.24) is 5.32 Å². The van der Waals surface area contributed by atoms with Crippen LogP contribution in [0, 0.1) is 17.3 Å². The summed E-state index contributed by atoms with van der Waals surface area (Å²) in [7, 11) is 0. The molecule has 0 atom stereocenters. The molecule has 108 valence electrons. The monoisotopic (exact) mass is 291 g/mol. The molecule has 1 aromatic rings. The Bertz CT molecular complexity index is 526. The van der Waals surface area contributed by atoms with E-state index in [4.69, 9.17) is 5.11 Å². The van der Waals surface area contributed by atoms with E-state index in [-0.39, 0.29) is 12.5 Å². The highest BCUT2D eigenvalue weighted by Crippen LogP contribution is 2.35. The van der Waals surface area contributed by atoms with Crippen molar-refractivity contribution in [2.45, 2.75) is 45.6 Å². The number of nitrogens with one attached hydrogen (secondary N) is 1. The van der Waals surface area contributed by atoms with Crippen molar-refractivity contribution in [3.8, 4) is 11.8 Å². The zero-order valence-electron chi connectivity index (χ0n) is 12.0. The number of aliphatic hydroxyl groups is 1. The highest BCUT2D eigenvalue weighted by molar-refractivity contribution is 7.14. The predicted molar refractivity (Wildman–Crippen MR) is 81.8 cm³/mol. The molecule has 1 aliphatic rings. The summed E-state index contributed by atoms with van der Waals surface area (Å²) in [6.07, 6.45) is 4.44. The fourth-order valence-corrected chi connectivity index (χ4v) is 3.24. The highest BCUT2D eigenvalue weighted by Gasteiger charge is 2.27. The first-order valence-corrected chi connectivity index (χ1v) is 7.82. The van der Waals surface area contributed by atoms with Gasteiger partial charge in [0.25, 0.3) is 5.91 Å². The average Bonchev–Trinajstić information content (AvgIpc) is 2.88. The van der Waals surface area contributed by atoms with Gasteiger partial charge in [-0.05, 0) is 43.2 Å². The summed E-state index contributed by atoms with van der Waals surface area (Å²) in [5, 5.41) is 11.8. The third kappa shape index (κ3) is 4.09. The first-order chi connectivity index (χ1) is 9.50. The Balaban J connectivity index is 1.90. The van der Waals surface area contributed by atoms with Crippen LogP contribution < -0.4 is 5.32 Å². The van der Waals surface area contributed by atoms with Gasteiger partial charge in [0.15, 0.2) is 0 Å². The molecule has 1 fully saturated rings. The molecule has 0 aliphatic heterocycles. The lowest BCUT2D eigenvalue weighted by molar-refractivity contribution is 0.0913. The number of hydrogen-bond donors (Lipinski definition) is 2. The van der Waals surface area contributed by atoms with Crippen molar-refractivity contribution in [3.05, 3.63) is 21.9 Å². The maximum absolute atomic E-state index is 12.2. The molecular weight excluding hydrogens is 270 g/mol. The van der Waals surface area contributed by atoms with Crippen LogP contribution in [0.5, 0.6) is 0 Å². The summed E-state index contributed by atoms with van der Waals surface area (Å²) in [6.45, 7) is 4.42. The Morgan fingerprint density at radius 3 is 2.80 bits per heavy atom. The third-order valence-electron chi connectivity index (χ3n) is 3.79. The van der Waals surface area contributed by atoms with Crippen LogP contribution in [0.15, 0.2) is 12.1 Å². The zero-order chi connectivity index (χ0) is 14.6. The molecule has 0 bridgehead atoms. The van der Waals surface area contributed by atoms with Crippen LogP contribution in [0.25, 0.3) is 0 Å². The lowest BCUT2D eigenvalue weighted by Gasteiger charge is -2.34. The molecule has 0 unspecified atom stereocenters. The van der Waals surface area contributed by atoms with Gasteiger partial charge in [0, 0.05) is 6.04 Å². The molecule has 2 rings (SSSR count). The minimum Gasteiger partial charge on any atom is -0.384 e. The molecule has 1 heterocycles. The van der Waals surface area contributed by atoms with Crippen LogP contribution >= 0.6 is 11.3 Å². The number of carbonyl (C=O) groups excluding carboxylic acids is 1. The predicted octanol–water partition coefficient (Wildman–Crippen LogP) is 2.79. The van der Waals surface area contributed by atoms with Gasteiger partial charge in [-0.15, -0.1) is 11.3 Å². The van der Waals surface area contributed by atoms with Crippen molar-refractivity contribution in [2.24, 2.45) is 5.41 Å². The average molecular weight is 291 g/mol. The smallest absolute Gasteiger partial charge is 0.261 e. The number of thiophene rings is 1. The SMILES string of the molecule is CC1(C)CCC(NC(=O)c2ccc(C#CCO)s2)CC1. The van der Waals surface area contributed by atoms with Gasteiger partial charge in [-0.3, -0.25) is 4.79 Å². The fraction of sp³-hybridized carbons (Fsp3) is 0.562. The Labute approximate surface area is 124 Å². The van der Waals surface area contributed by atoms with E-state index in [1.54, 1.807) is 6.07 Å². The number of aliphatic hydroxyl groups excluding tert-OH is 1. The molecule has 4 heteroatoms. The number of rotatable bonds is 2. The largest absolute Gasteiger partial charge is 0.384 e. The van der Waals surface area contributed by atoms with Crippen molar-refractivity contribution in [2.75, 3.05) is 6.61 Å². The normalized spacial score (nSPS) is 18.1. The first kappa shape index (κ1) is 15.1. The Kier molecular flexibility index (Phi) is 4.85. The lowest BCUT2D eigenvalue weighted by atomic mass is 9.75. The lowest BCUT2D eigenvalue weighted by Crippen LogP contribution is -2.38. The second-order valence-corrected chi connectivity index (χ2v) is 7.12. The van der Waals surface area contributed by atoms with E-state index in [1.807, 2.05) is 6.07 Å². The van der Waals surface area contributed by atoms with Crippen molar-refractivity contribution in [1.29, 1.82) is 0 Å². The van der Waals surface area contributed by atoms with Crippen molar-refractivity contribution >= 4 is 17.2 Å². The van der Waals surface area contributed by atoms with Gasteiger partial charge in [-0.2, -0.15) is 0 Å². The molecule has 1 amide bonds. The Morgan fingerprint density at radius 2 is 2.15 bits per heavy atom. The molecule has 0 aromatic carbocycles. The Hall–Kier alpha value is -1.31. The second-order valence-electron chi connectivity index (χ2n) is 6.04. The molecule has 0 radical (unpaired) electrons. The number of amides is 1. The molecular formula is C16H21NO2S. The van der Waals surface area contributed by atoms with Gasteiger partial charge >= 0.3 is 0 Å². The molecule has 2 N–H and O–H groups in total. The summed E-state index contributed by atoms with van der Waals surface area (Å²) in [4.78, 5) is 13.7. The number of hydrogen-bond acceptors (Lipinski definition) is 3. The maximum atomic E-state index is 12.2. The van der Waals surface area contributed by atoms with Gasteiger partial charge in [0.1, 0.15) is 6.61 Å².